The molecule has 1 saturated carbocycles. The highest BCUT2D eigenvalue weighted by molar-refractivity contribution is 5.86. The minimum Gasteiger partial charge on any atom is -0.497 e. The first-order valence-corrected chi connectivity index (χ1v) is 12.2. The van der Waals surface area contributed by atoms with Gasteiger partial charge in [0.15, 0.2) is 0 Å². The average Bonchev–Trinajstić information content (AvgIpc) is 3.22. The quantitative estimate of drug-likeness (QED) is 0.416. The van der Waals surface area contributed by atoms with Crippen LogP contribution in [0.2, 0.25) is 0 Å². The second kappa shape index (κ2) is 11.4. The molecule has 33 heavy (non-hydrogen) atoms. The van der Waals surface area contributed by atoms with E-state index in [4.69, 9.17) is 9.47 Å². The fraction of sp³-hybridized carbons (Fsp3) is 0.464. The number of hydrogen-bond donors (Lipinski definition) is 1. The molecule has 1 aliphatic rings. The molecule has 1 amide bonds. The number of carbonyl (C=O) groups excluding carboxylic acids is 1. The second-order valence-electron chi connectivity index (χ2n) is 9.13. The van der Waals surface area contributed by atoms with Crippen LogP contribution in [-0.2, 0) is 16.1 Å². The zero-order valence-corrected chi connectivity index (χ0v) is 19.9. The molecular weight excluding hydrogens is 412 g/mol. The number of hydrogen-bond acceptors (Lipinski definition) is 3. The highest BCUT2D eigenvalue weighted by Crippen LogP contribution is 2.41. The van der Waals surface area contributed by atoms with E-state index in [1.807, 2.05) is 12.1 Å². The number of fused-ring (bicyclic) bond motifs is 1. The summed E-state index contributed by atoms with van der Waals surface area (Å²) in [7, 11) is 3.35. The number of nitrogens with zero attached hydrogens (tertiary/aromatic N) is 1. The molecule has 1 aromatic heterocycles. The summed E-state index contributed by atoms with van der Waals surface area (Å²) in [6, 6.07) is 16.9. The van der Waals surface area contributed by atoms with Gasteiger partial charge >= 0.3 is 0 Å². The Hall–Kier alpha value is -2.79. The zero-order chi connectivity index (χ0) is 23.0. The number of benzene rings is 2. The van der Waals surface area contributed by atoms with E-state index in [1.165, 1.54) is 54.1 Å². The zero-order valence-electron chi connectivity index (χ0n) is 19.9. The Morgan fingerprint density at radius 1 is 1.06 bits per heavy atom. The standard InChI is InChI=1S/C28H36N2O3/c1-32-17-16-29-28(31)18-25(22-8-4-3-5-9-22)26-20-30(27-11-7-6-10-24(26)27)19-21-12-14-23(33-2)15-13-21/h6-7,10-15,20,22,25H,3-5,8-9,16-19H2,1-2H3,(H,29,31). The summed E-state index contributed by atoms with van der Waals surface area (Å²) in [4.78, 5) is 12.9. The summed E-state index contributed by atoms with van der Waals surface area (Å²) < 4.78 is 12.8. The lowest BCUT2D eigenvalue weighted by Gasteiger charge is -2.30. The topological polar surface area (TPSA) is 52.5 Å². The van der Waals surface area contributed by atoms with Crippen LogP contribution >= 0.6 is 0 Å². The van der Waals surface area contributed by atoms with Crippen molar-refractivity contribution in [3.8, 4) is 5.75 Å². The first kappa shape index (κ1) is 23.4. The van der Waals surface area contributed by atoms with Crippen LogP contribution in [0, 0.1) is 5.92 Å². The first-order valence-electron chi connectivity index (χ1n) is 12.2. The molecule has 1 aliphatic carbocycles. The third-order valence-electron chi connectivity index (χ3n) is 6.98. The van der Waals surface area contributed by atoms with Crippen molar-refractivity contribution in [1.29, 1.82) is 0 Å². The Bertz CT molecular complexity index is 1030. The van der Waals surface area contributed by atoms with Crippen molar-refractivity contribution < 1.29 is 14.3 Å². The number of nitrogens with one attached hydrogen (secondary N) is 1. The predicted octanol–water partition coefficient (Wildman–Crippen LogP) is 5.51. The van der Waals surface area contributed by atoms with E-state index in [1.54, 1.807) is 14.2 Å². The van der Waals surface area contributed by atoms with E-state index < -0.39 is 0 Å². The lowest BCUT2D eigenvalue weighted by Crippen LogP contribution is -2.30. The summed E-state index contributed by atoms with van der Waals surface area (Å²) in [5, 5.41) is 4.32. The van der Waals surface area contributed by atoms with Crippen molar-refractivity contribution in [2.45, 2.75) is 51.0 Å². The number of amides is 1. The molecule has 0 radical (unpaired) electrons. The number of ether oxygens (including phenoxy) is 2. The molecule has 0 bridgehead atoms. The smallest absolute Gasteiger partial charge is 0.220 e. The maximum Gasteiger partial charge on any atom is 0.220 e. The average molecular weight is 449 g/mol. The van der Waals surface area contributed by atoms with Crippen molar-refractivity contribution in [2.75, 3.05) is 27.4 Å². The minimum atomic E-state index is 0.120. The molecule has 1 fully saturated rings. The van der Waals surface area contributed by atoms with Gasteiger partial charge in [0.25, 0.3) is 0 Å². The molecule has 1 heterocycles. The van der Waals surface area contributed by atoms with Crippen molar-refractivity contribution >= 4 is 16.8 Å². The van der Waals surface area contributed by atoms with Crippen LogP contribution in [0.4, 0.5) is 0 Å². The molecule has 0 saturated heterocycles. The van der Waals surface area contributed by atoms with E-state index in [9.17, 15) is 4.79 Å². The Kier molecular flexibility index (Phi) is 8.05. The van der Waals surface area contributed by atoms with Crippen LogP contribution in [0.3, 0.4) is 0 Å². The van der Waals surface area contributed by atoms with E-state index in [0.29, 0.717) is 25.5 Å². The first-order chi connectivity index (χ1) is 16.2. The number of aromatic nitrogens is 1. The van der Waals surface area contributed by atoms with Crippen molar-refractivity contribution in [3.63, 3.8) is 0 Å². The maximum atomic E-state index is 12.9. The van der Waals surface area contributed by atoms with E-state index in [-0.39, 0.29) is 11.8 Å². The van der Waals surface area contributed by atoms with Gasteiger partial charge in [0.05, 0.1) is 13.7 Å². The molecule has 4 rings (SSSR count). The Morgan fingerprint density at radius 3 is 2.55 bits per heavy atom. The molecule has 5 heteroatoms. The summed E-state index contributed by atoms with van der Waals surface area (Å²) in [6.07, 6.45) is 9.07. The third-order valence-corrected chi connectivity index (χ3v) is 6.98. The summed E-state index contributed by atoms with van der Waals surface area (Å²) >= 11 is 0. The number of methoxy groups -OCH3 is 2. The molecule has 3 aromatic rings. The molecule has 1 N–H and O–H groups in total. The van der Waals surface area contributed by atoms with Gasteiger partial charge in [0, 0.05) is 43.7 Å². The molecule has 5 nitrogen and oxygen atoms in total. The van der Waals surface area contributed by atoms with Crippen molar-refractivity contribution in [3.05, 3.63) is 65.9 Å². The van der Waals surface area contributed by atoms with Crippen LogP contribution in [0.25, 0.3) is 10.9 Å². The minimum absolute atomic E-state index is 0.120. The van der Waals surface area contributed by atoms with Crippen LogP contribution in [0.5, 0.6) is 5.75 Å². The lowest BCUT2D eigenvalue weighted by atomic mass is 9.75. The monoisotopic (exact) mass is 448 g/mol. The summed E-state index contributed by atoms with van der Waals surface area (Å²) in [5.74, 6) is 1.77. The number of carbonyl (C=O) groups is 1. The fourth-order valence-corrected chi connectivity index (χ4v) is 5.26. The Morgan fingerprint density at radius 2 is 1.82 bits per heavy atom. The van der Waals surface area contributed by atoms with Crippen LogP contribution < -0.4 is 10.1 Å². The van der Waals surface area contributed by atoms with Gasteiger partial charge in [-0.3, -0.25) is 4.79 Å². The highest BCUT2D eigenvalue weighted by Gasteiger charge is 2.29. The third kappa shape index (κ3) is 5.77. The Labute approximate surface area is 197 Å². The van der Waals surface area contributed by atoms with E-state index in [0.717, 1.165) is 12.3 Å². The SMILES string of the molecule is COCCNC(=O)CC(c1cn(Cc2ccc(OC)cc2)c2ccccc12)C1CCCCC1. The van der Waals surface area contributed by atoms with Crippen molar-refractivity contribution in [2.24, 2.45) is 5.92 Å². The summed E-state index contributed by atoms with van der Waals surface area (Å²) in [6.45, 7) is 1.90. The van der Waals surface area contributed by atoms with Crippen LogP contribution in [-0.4, -0.2) is 37.8 Å². The van der Waals surface area contributed by atoms with Gasteiger partial charge in [0.1, 0.15) is 5.75 Å². The van der Waals surface area contributed by atoms with Gasteiger partial charge < -0.3 is 19.4 Å². The normalized spacial score (nSPS) is 15.5. The Balaban J connectivity index is 1.65. The number of rotatable bonds is 10. The lowest BCUT2D eigenvalue weighted by molar-refractivity contribution is -0.122. The molecule has 1 atom stereocenters. The molecule has 0 aliphatic heterocycles. The van der Waals surface area contributed by atoms with Gasteiger partial charge in [-0.15, -0.1) is 0 Å². The van der Waals surface area contributed by atoms with Gasteiger partial charge in [-0.05, 0) is 54.0 Å². The van der Waals surface area contributed by atoms with Crippen molar-refractivity contribution in [1.82, 2.24) is 9.88 Å². The molecule has 0 spiro atoms. The molecule has 1 unspecified atom stereocenters. The maximum absolute atomic E-state index is 12.9. The van der Waals surface area contributed by atoms with E-state index >= 15 is 0 Å². The van der Waals surface area contributed by atoms with Crippen LogP contribution in [0.1, 0.15) is 55.6 Å². The number of para-hydroxylation sites is 1. The van der Waals surface area contributed by atoms with Gasteiger partial charge in [-0.1, -0.05) is 49.6 Å². The summed E-state index contributed by atoms with van der Waals surface area (Å²) in [5.41, 5.74) is 3.77. The van der Waals surface area contributed by atoms with Gasteiger partial charge in [0.2, 0.25) is 5.91 Å². The van der Waals surface area contributed by atoms with E-state index in [2.05, 4.69) is 52.5 Å². The van der Waals surface area contributed by atoms with Crippen LogP contribution in [0.15, 0.2) is 54.7 Å². The largest absolute Gasteiger partial charge is 0.497 e. The second-order valence-corrected chi connectivity index (χ2v) is 9.13. The molecule has 2 aromatic carbocycles. The fourth-order valence-electron chi connectivity index (χ4n) is 5.26. The molecule has 176 valence electrons. The van der Waals surface area contributed by atoms with Gasteiger partial charge in [-0.2, -0.15) is 0 Å². The van der Waals surface area contributed by atoms with Gasteiger partial charge in [-0.25, -0.2) is 0 Å². The molecular formula is C28H36N2O3. The predicted molar refractivity (Wildman–Crippen MR) is 133 cm³/mol. The highest BCUT2D eigenvalue weighted by atomic mass is 16.5.